The van der Waals surface area contributed by atoms with Crippen molar-refractivity contribution in [3.63, 3.8) is 0 Å². The second-order valence-electron chi connectivity index (χ2n) is 6.10. The summed E-state index contributed by atoms with van der Waals surface area (Å²) in [6, 6.07) is 15.6. The van der Waals surface area contributed by atoms with Gasteiger partial charge in [-0.2, -0.15) is 0 Å². The number of benzene rings is 2. The minimum absolute atomic E-state index is 0.117. The zero-order valence-corrected chi connectivity index (χ0v) is 11.8. The zero-order chi connectivity index (χ0) is 14.4. The molecule has 3 heteroatoms. The lowest BCUT2D eigenvalue weighted by Gasteiger charge is -2.25. The molecular weight excluding hydrogens is 262 g/mol. The number of nitrogens with two attached hydrogens (primary N) is 1. The molecule has 1 fully saturated rings. The second kappa shape index (κ2) is 4.58. The Morgan fingerprint density at radius 2 is 1.76 bits per heavy atom. The molecule has 21 heavy (non-hydrogen) atoms. The molecule has 0 aliphatic heterocycles. The topological polar surface area (TPSA) is 55.5 Å². The van der Waals surface area contributed by atoms with Gasteiger partial charge in [0.15, 0.2) is 0 Å². The molecule has 2 atom stereocenters. The lowest BCUT2D eigenvalue weighted by atomic mass is 9.88. The van der Waals surface area contributed by atoms with Crippen molar-refractivity contribution in [3.05, 3.63) is 65.2 Å². The van der Waals surface area contributed by atoms with E-state index in [1.165, 1.54) is 0 Å². The standard InChI is InChI=1S/C18H19NO2/c19-17-11-18(20,16-4-2-1-3-15(16)17)12-5-7-13(8-6-12)21-14-9-10-14/h1-8,14,17,20H,9-11,19H2. The Kier molecular flexibility index (Phi) is 2.81. The van der Waals surface area contributed by atoms with Gasteiger partial charge >= 0.3 is 0 Å². The highest BCUT2D eigenvalue weighted by atomic mass is 16.5. The van der Waals surface area contributed by atoms with Crippen molar-refractivity contribution in [2.45, 2.75) is 37.0 Å². The molecule has 2 aliphatic carbocycles. The van der Waals surface area contributed by atoms with Crippen molar-refractivity contribution >= 4 is 0 Å². The van der Waals surface area contributed by atoms with Gasteiger partial charge < -0.3 is 15.6 Å². The van der Waals surface area contributed by atoms with E-state index in [1.807, 2.05) is 48.5 Å². The Hall–Kier alpha value is -1.84. The van der Waals surface area contributed by atoms with E-state index in [9.17, 15) is 5.11 Å². The molecule has 2 aromatic carbocycles. The molecule has 2 unspecified atom stereocenters. The van der Waals surface area contributed by atoms with Crippen molar-refractivity contribution < 1.29 is 9.84 Å². The van der Waals surface area contributed by atoms with Gasteiger partial charge in [-0.25, -0.2) is 0 Å². The Morgan fingerprint density at radius 3 is 2.48 bits per heavy atom. The molecule has 0 radical (unpaired) electrons. The van der Waals surface area contributed by atoms with Crippen molar-refractivity contribution in [2.24, 2.45) is 5.73 Å². The number of fused-ring (bicyclic) bond motifs is 1. The van der Waals surface area contributed by atoms with Crippen LogP contribution in [-0.2, 0) is 5.60 Å². The van der Waals surface area contributed by atoms with E-state index in [4.69, 9.17) is 10.5 Å². The molecule has 0 spiro atoms. The molecule has 0 bridgehead atoms. The van der Waals surface area contributed by atoms with Crippen LogP contribution in [0.5, 0.6) is 5.75 Å². The van der Waals surface area contributed by atoms with Crippen LogP contribution < -0.4 is 10.5 Å². The summed E-state index contributed by atoms with van der Waals surface area (Å²) in [6.07, 6.45) is 3.20. The summed E-state index contributed by atoms with van der Waals surface area (Å²) < 4.78 is 5.76. The first-order valence-corrected chi connectivity index (χ1v) is 7.51. The highest BCUT2D eigenvalue weighted by molar-refractivity contribution is 5.48. The second-order valence-corrected chi connectivity index (χ2v) is 6.10. The molecule has 3 nitrogen and oxygen atoms in total. The molecule has 0 amide bonds. The summed E-state index contributed by atoms with van der Waals surface area (Å²) >= 11 is 0. The molecule has 1 saturated carbocycles. The maximum atomic E-state index is 11.1. The monoisotopic (exact) mass is 281 g/mol. The van der Waals surface area contributed by atoms with E-state index >= 15 is 0 Å². The fraction of sp³-hybridized carbons (Fsp3) is 0.333. The largest absolute Gasteiger partial charge is 0.490 e. The average Bonchev–Trinajstić information content (AvgIpc) is 3.27. The third-order valence-corrected chi connectivity index (χ3v) is 4.48. The molecule has 2 aromatic rings. The number of aliphatic hydroxyl groups is 1. The molecule has 0 saturated heterocycles. The summed E-state index contributed by atoms with van der Waals surface area (Å²) in [5, 5.41) is 11.1. The molecule has 2 aliphatic rings. The fourth-order valence-corrected chi connectivity index (χ4v) is 3.20. The van der Waals surface area contributed by atoms with E-state index in [1.54, 1.807) is 0 Å². The first-order chi connectivity index (χ1) is 10.2. The summed E-state index contributed by atoms with van der Waals surface area (Å²) in [6.45, 7) is 0. The SMILES string of the molecule is NC1CC(O)(c2ccc(OC3CC3)cc2)c2ccccc21. The molecule has 4 rings (SSSR count). The quantitative estimate of drug-likeness (QED) is 0.909. The third kappa shape index (κ3) is 2.13. The van der Waals surface area contributed by atoms with Gasteiger partial charge in [0.1, 0.15) is 11.4 Å². The molecular formula is C18H19NO2. The molecule has 0 aromatic heterocycles. The maximum Gasteiger partial charge on any atom is 0.119 e. The van der Waals surface area contributed by atoms with Gasteiger partial charge in [0, 0.05) is 12.5 Å². The van der Waals surface area contributed by atoms with Gasteiger partial charge in [0.2, 0.25) is 0 Å². The van der Waals surface area contributed by atoms with Crippen molar-refractivity contribution in [2.75, 3.05) is 0 Å². The van der Waals surface area contributed by atoms with E-state index in [2.05, 4.69) is 0 Å². The summed E-state index contributed by atoms with van der Waals surface area (Å²) in [5.41, 5.74) is 8.03. The summed E-state index contributed by atoms with van der Waals surface area (Å²) in [4.78, 5) is 0. The van der Waals surface area contributed by atoms with Crippen LogP contribution in [0.1, 0.15) is 42.0 Å². The van der Waals surface area contributed by atoms with Crippen LogP contribution in [0.3, 0.4) is 0 Å². The number of rotatable bonds is 3. The first kappa shape index (κ1) is 12.9. The van der Waals surface area contributed by atoms with Crippen LogP contribution in [-0.4, -0.2) is 11.2 Å². The first-order valence-electron chi connectivity index (χ1n) is 7.51. The highest BCUT2D eigenvalue weighted by Gasteiger charge is 2.42. The summed E-state index contributed by atoms with van der Waals surface area (Å²) in [5.74, 6) is 0.875. The number of hydrogen-bond donors (Lipinski definition) is 2. The van der Waals surface area contributed by atoms with Crippen molar-refractivity contribution in [1.82, 2.24) is 0 Å². The predicted octanol–water partition coefficient (Wildman–Crippen LogP) is 2.87. The van der Waals surface area contributed by atoms with Gasteiger partial charge in [-0.3, -0.25) is 0 Å². The Bertz CT molecular complexity index is 663. The Balaban J connectivity index is 1.69. The van der Waals surface area contributed by atoms with Gasteiger partial charge in [-0.15, -0.1) is 0 Å². The minimum atomic E-state index is -0.992. The predicted molar refractivity (Wildman–Crippen MR) is 81.1 cm³/mol. The normalized spacial score (nSPS) is 27.4. The zero-order valence-electron chi connectivity index (χ0n) is 11.8. The van der Waals surface area contributed by atoms with E-state index in [0.717, 1.165) is 35.3 Å². The van der Waals surface area contributed by atoms with E-state index in [-0.39, 0.29) is 6.04 Å². The van der Waals surface area contributed by atoms with Gasteiger partial charge in [0.05, 0.1) is 6.10 Å². The van der Waals surface area contributed by atoms with E-state index < -0.39 is 5.60 Å². The fourth-order valence-electron chi connectivity index (χ4n) is 3.20. The number of hydrogen-bond acceptors (Lipinski definition) is 3. The molecule has 3 N–H and O–H groups in total. The van der Waals surface area contributed by atoms with Crippen LogP contribution in [0, 0.1) is 0 Å². The maximum absolute atomic E-state index is 11.1. The summed E-state index contributed by atoms with van der Waals surface area (Å²) in [7, 11) is 0. The lowest BCUT2D eigenvalue weighted by Crippen LogP contribution is -2.25. The van der Waals surface area contributed by atoms with Gasteiger partial charge in [-0.1, -0.05) is 36.4 Å². The Morgan fingerprint density at radius 1 is 1.05 bits per heavy atom. The highest BCUT2D eigenvalue weighted by Crippen LogP contribution is 2.46. The van der Waals surface area contributed by atoms with Crippen LogP contribution in [0.25, 0.3) is 0 Å². The van der Waals surface area contributed by atoms with Crippen LogP contribution in [0.2, 0.25) is 0 Å². The average molecular weight is 281 g/mol. The van der Waals surface area contributed by atoms with Crippen LogP contribution in [0.4, 0.5) is 0 Å². The van der Waals surface area contributed by atoms with Crippen LogP contribution >= 0.6 is 0 Å². The number of ether oxygens (including phenoxy) is 1. The van der Waals surface area contributed by atoms with Crippen molar-refractivity contribution in [3.8, 4) is 5.75 Å². The minimum Gasteiger partial charge on any atom is -0.490 e. The third-order valence-electron chi connectivity index (χ3n) is 4.48. The van der Waals surface area contributed by atoms with Gasteiger partial charge in [0.25, 0.3) is 0 Å². The van der Waals surface area contributed by atoms with Gasteiger partial charge in [-0.05, 0) is 41.7 Å². The molecule has 0 heterocycles. The smallest absolute Gasteiger partial charge is 0.119 e. The van der Waals surface area contributed by atoms with Crippen molar-refractivity contribution in [1.29, 1.82) is 0 Å². The molecule has 108 valence electrons. The van der Waals surface area contributed by atoms with Crippen LogP contribution in [0.15, 0.2) is 48.5 Å². The Labute approximate surface area is 124 Å². The van der Waals surface area contributed by atoms with E-state index in [0.29, 0.717) is 12.5 Å². The lowest BCUT2D eigenvalue weighted by molar-refractivity contribution is 0.0775.